The summed E-state index contributed by atoms with van der Waals surface area (Å²) in [6.07, 6.45) is -0.366. The normalized spacial score (nSPS) is 16.1. The number of hydrogen-bond donors (Lipinski definition) is 4. The van der Waals surface area contributed by atoms with E-state index in [1.54, 1.807) is 30.3 Å². The summed E-state index contributed by atoms with van der Waals surface area (Å²) in [6, 6.07) is 9.66. The highest BCUT2D eigenvalue weighted by molar-refractivity contribution is 14.1. The molecule has 1 unspecified atom stereocenters. The standard InChI is InChI=1S/C20H21FIN3O5/c21-15-11-13(22)2-4-17(15)24-16-3-1-12(10-18-20(28)23-5-7-29-18)9-14(16)19(27)25-30-8-6-26/h1-4,9,11,18,24,26H,5-8,10H2,(H,23,28)(H,25,27). The molecule has 3 rings (SSSR count). The number of anilines is 2. The van der Waals surface area contributed by atoms with Crippen molar-refractivity contribution in [2.75, 3.05) is 31.7 Å². The molecule has 2 aromatic rings. The second kappa shape index (κ2) is 10.7. The number of morpholine rings is 1. The second-order valence-electron chi connectivity index (χ2n) is 6.49. The molecule has 10 heteroatoms. The number of hydroxylamine groups is 1. The van der Waals surface area contributed by atoms with Gasteiger partial charge in [0.05, 0.1) is 36.8 Å². The lowest BCUT2D eigenvalue weighted by atomic mass is 10.0. The Morgan fingerprint density at radius 3 is 2.83 bits per heavy atom. The summed E-state index contributed by atoms with van der Waals surface area (Å²) in [7, 11) is 0. The molecule has 8 nitrogen and oxygen atoms in total. The van der Waals surface area contributed by atoms with Crippen LogP contribution in [0.5, 0.6) is 0 Å². The maximum Gasteiger partial charge on any atom is 0.276 e. The lowest BCUT2D eigenvalue weighted by molar-refractivity contribution is -0.137. The number of aliphatic hydroxyl groups is 1. The fourth-order valence-electron chi connectivity index (χ4n) is 2.90. The predicted octanol–water partition coefficient (Wildman–Crippen LogP) is 1.89. The van der Waals surface area contributed by atoms with Crippen molar-refractivity contribution in [2.24, 2.45) is 0 Å². The van der Waals surface area contributed by atoms with Crippen molar-refractivity contribution in [3.8, 4) is 0 Å². The van der Waals surface area contributed by atoms with E-state index in [4.69, 9.17) is 14.7 Å². The van der Waals surface area contributed by atoms with Gasteiger partial charge in [-0.3, -0.25) is 14.4 Å². The number of rotatable bonds is 8. The molecule has 0 radical (unpaired) electrons. The molecular formula is C20H21FIN3O5. The average Bonchev–Trinajstić information content (AvgIpc) is 2.73. The molecule has 1 aliphatic rings. The third-order valence-electron chi connectivity index (χ3n) is 4.32. The van der Waals surface area contributed by atoms with Gasteiger partial charge in [0.1, 0.15) is 11.9 Å². The van der Waals surface area contributed by atoms with E-state index in [0.29, 0.717) is 24.4 Å². The van der Waals surface area contributed by atoms with Crippen LogP contribution in [-0.2, 0) is 20.8 Å². The van der Waals surface area contributed by atoms with E-state index in [1.807, 2.05) is 22.6 Å². The molecule has 0 saturated carbocycles. The van der Waals surface area contributed by atoms with Gasteiger partial charge < -0.3 is 20.5 Å². The average molecular weight is 529 g/mol. The van der Waals surface area contributed by atoms with E-state index in [2.05, 4.69) is 16.1 Å². The van der Waals surface area contributed by atoms with Crippen molar-refractivity contribution in [3.05, 3.63) is 56.9 Å². The van der Waals surface area contributed by atoms with Gasteiger partial charge in [0.25, 0.3) is 5.91 Å². The van der Waals surface area contributed by atoms with Gasteiger partial charge in [0.15, 0.2) is 0 Å². The number of hydrogen-bond acceptors (Lipinski definition) is 6. The summed E-state index contributed by atoms with van der Waals surface area (Å²) < 4.78 is 20.5. The van der Waals surface area contributed by atoms with Gasteiger partial charge in [-0.1, -0.05) is 6.07 Å². The first-order valence-electron chi connectivity index (χ1n) is 9.25. The first-order chi connectivity index (χ1) is 14.5. The fraction of sp³-hybridized carbons (Fsp3) is 0.300. The van der Waals surface area contributed by atoms with Crippen molar-refractivity contribution in [3.63, 3.8) is 0 Å². The van der Waals surface area contributed by atoms with Gasteiger partial charge in [-0.2, -0.15) is 0 Å². The summed E-state index contributed by atoms with van der Waals surface area (Å²) in [5.41, 5.74) is 3.70. The Labute approximate surface area is 186 Å². The number of nitrogens with one attached hydrogen (secondary N) is 3. The minimum Gasteiger partial charge on any atom is -0.394 e. The zero-order valence-electron chi connectivity index (χ0n) is 15.9. The van der Waals surface area contributed by atoms with Crippen molar-refractivity contribution in [1.29, 1.82) is 0 Å². The van der Waals surface area contributed by atoms with Crippen LogP contribution in [-0.4, -0.2) is 49.4 Å². The Balaban J connectivity index is 1.86. The molecule has 0 aromatic heterocycles. The van der Waals surface area contributed by atoms with E-state index in [9.17, 15) is 14.0 Å². The summed E-state index contributed by atoms with van der Waals surface area (Å²) in [4.78, 5) is 29.5. The van der Waals surface area contributed by atoms with Crippen LogP contribution in [0.1, 0.15) is 15.9 Å². The Kier molecular flexibility index (Phi) is 7.96. The molecule has 1 atom stereocenters. The smallest absolute Gasteiger partial charge is 0.276 e. The highest BCUT2D eigenvalue weighted by Gasteiger charge is 2.24. The van der Waals surface area contributed by atoms with Gasteiger partial charge in [-0.05, 0) is 58.5 Å². The van der Waals surface area contributed by atoms with Crippen LogP contribution in [0.2, 0.25) is 0 Å². The Morgan fingerprint density at radius 1 is 1.30 bits per heavy atom. The molecule has 160 valence electrons. The van der Waals surface area contributed by atoms with Gasteiger partial charge in [-0.25, -0.2) is 9.87 Å². The van der Waals surface area contributed by atoms with Crippen molar-refractivity contribution in [1.82, 2.24) is 10.8 Å². The van der Waals surface area contributed by atoms with Gasteiger partial charge in [-0.15, -0.1) is 0 Å². The maximum atomic E-state index is 14.3. The third kappa shape index (κ3) is 5.88. The topological polar surface area (TPSA) is 109 Å². The Bertz CT molecular complexity index is 927. The summed E-state index contributed by atoms with van der Waals surface area (Å²) in [6.45, 7) is 0.559. The lowest BCUT2D eigenvalue weighted by Crippen LogP contribution is -2.45. The van der Waals surface area contributed by atoms with E-state index in [0.717, 1.165) is 3.57 Å². The van der Waals surface area contributed by atoms with Crippen LogP contribution in [0.15, 0.2) is 36.4 Å². The number of carbonyl (C=O) groups excluding carboxylic acids is 2. The highest BCUT2D eigenvalue weighted by atomic mass is 127. The van der Waals surface area contributed by atoms with Crippen LogP contribution in [0, 0.1) is 9.39 Å². The number of benzene rings is 2. The fourth-order valence-corrected chi connectivity index (χ4v) is 3.35. The van der Waals surface area contributed by atoms with Gasteiger partial charge in [0, 0.05) is 16.5 Å². The number of carbonyl (C=O) groups is 2. The highest BCUT2D eigenvalue weighted by Crippen LogP contribution is 2.26. The van der Waals surface area contributed by atoms with E-state index in [1.165, 1.54) is 6.07 Å². The maximum absolute atomic E-state index is 14.3. The molecule has 1 heterocycles. The Hall–Kier alpha value is -2.28. The van der Waals surface area contributed by atoms with Gasteiger partial charge >= 0.3 is 0 Å². The predicted molar refractivity (Wildman–Crippen MR) is 116 cm³/mol. The van der Waals surface area contributed by atoms with Crippen LogP contribution < -0.4 is 16.1 Å². The molecule has 0 spiro atoms. The van der Waals surface area contributed by atoms with Crippen molar-refractivity contribution >= 4 is 45.8 Å². The molecular weight excluding hydrogens is 508 g/mol. The molecule has 1 saturated heterocycles. The Morgan fingerprint density at radius 2 is 2.10 bits per heavy atom. The summed E-state index contributed by atoms with van der Waals surface area (Å²) >= 11 is 2.01. The van der Waals surface area contributed by atoms with Crippen LogP contribution in [0.3, 0.4) is 0 Å². The van der Waals surface area contributed by atoms with Crippen molar-refractivity contribution in [2.45, 2.75) is 12.5 Å². The second-order valence-corrected chi connectivity index (χ2v) is 7.73. The van der Waals surface area contributed by atoms with Gasteiger partial charge in [0.2, 0.25) is 5.91 Å². The zero-order chi connectivity index (χ0) is 21.5. The quantitative estimate of drug-likeness (QED) is 0.237. The summed E-state index contributed by atoms with van der Waals surface area (Å²) in [5, 5.41) is 14.5. The van der Waals surface area contributed by atoms with Crippen molar-refractivity contribution < 1.29 is 28.7 Å². The van der Waals surface area contributed by atoms with Crippen LogP contribution in [0.4, 0.5) is 15.8 Å². The van der Waals surface area contributed by atoms with E-state index >= 15 is 0 Å². The molecule has 2 amide bonds. The minimum absolute atomic E-state index is 0.0734. The minimum atomic E-state index is -0.646. The molecule has 30 heavy (non-hydrogen) atoms. The largest absolute Gasteiger partial charge is 0.394 e. The number of halogens is 2. The SMILES string of the molecule is O=C(NOCCO)c1cc(CC2OCCNC2=O)ccc1Nc1ccc(I)cc1F. The first-order valence-corrected chi connectivity index (χ1v) is 10.3. The lowest BCUT2D eigenvalue weighted by Gasteiger charge is -2.23. The number of ether oxygens (including phenoxy) is 1. The molecule has 1 fully saturated rings. The monoisotopic (exact) mass is 529 g/mol. The molecule has 1 aliphatic heterocycles. The molecule has 0 bridgehead atoms. The summed E-state index contributed by atoms with van der Waals surface area (Å²) in [5.74, 6) is -1.24. The van der Waals surface area contributed by atoms with Crippen LogP contribution >= 0.6 is 22.6 Å². The molecule has 4 N–H and O–H groups in total. The van der Waals surface area contributed by atoms with E-state index in [-0.39, 0.29) is 36.8 Å². The molecule has 2 aromatic carbocycles. The molecule has 0 aliphatic carbocycles. The first kappa shape index (κ1) is 22.4. The van der Waals surface area contributed by atoms with Crippen LogP contribution in [0.25, 0.3) is 0 Å². The number of aliphatic hydroxyl groups excluding tert-OH is 1. The van der Waals surface area contributed by atoms with E-state index < -0.39 is 17.8 Å². The third-order valence-corrected chi connectivity index (χ3v) is 4.99. The zero-order valence-corrected chi connectivity index (χ0v) is 18.1. The number of amides is 2.